The number of urea groups is 1. The van der Waals surface area contributed by atoms with Crippen LogP contribution in [0.15, 0.2) is 18.2 Å². The van der Waals surface area contributed by atoms with E-state index in [0.717, 1.165) is 5.56 Å². The maximum atomic E-state index is 11.9. The third kappa shape index (κ3) is 4.42. The molecular weight excluding hydrogens is 280 g/mol. The van der Waals surface area contributed by atoms with E-state index in [-0.39, 0.29) is 5.92 Å². The summed E-state index contributed by atoms with van der Waals surface area (Å²) in [6, 6.07) is 3.72. The van der Waals surface area contributed by atoms with Crippen LogP contribution in [0.2, 0.25) is 5.02 Å². The fourth-order valence-corrected chi connectivity index (χ4v) is 1.88. The minimum atomic E-state index is -1.05. The van der Waals surface area contributed by atoms with Gasteiger partial charge in [-0.25, -0.2) is 9.59 Å². The Morgan fingerprint density at radius 1 is 1.40 bits per heavy atom. The molecule has 3 N–H and O–H groups in total. The molecule has 0 saturated carbocycles. The Balaban J connectivity index is 2.75. The van der Waals surface area contributed by atoms with Gasteiger partial charge in [0.05, 0.1) is 10.7 Å². The highest BCUT2D eigenvalue weighted by Crippen LogP contribution is 2.22. The normalized spacial score (nSPS) is 13.4. The van der Waals surface area contributed by atoms with Crippen molar-refractivity contribution in [3.05, 3.63) is 28.8 Å². The number of aryl methyl sites for hydroxylation is 1. The molecule has 0 radical (unpaired) electrons. The molecule has 6 heteroatoms. The van der Waals surface area contributed by atoms with E-state index in [4.69, 9.17) is 16.7 Å². The Morgan fingerprint density at radius 3 is 2.60 bits per heavy atom. The highest BCUT2D eigenvalue weighted by atomic mass is 35.5. The van der Waals surface area contributed by atoms with Crippen LogP contribution < -0.4 is 10.6 Å². The van der Waals surface area contributed by atoms with Crippen LogP contribution >= 0.6 is 11.6 Å². The van der Waals surface area contributed by atoms with Crippen molar-refractivity contribution in [2.24, 2.45) is 5.92 Å². The Labute approximate surface area is 123 Å². The van der Waals surface area contributed by atoms with Crippen molar-refractivity contribution in [1.82, 2.24) is 5.32 Å². The molecule has 0 spiro atoms. The van der Waals surface area contributed by atoms with Gasteiger partial charge in [-0.15, -0.1) is 0 Å². The molecule has 1 aromatic carbocycles. The van der Waals surface area contributed by atoms with Gasteiger partial charge in [0.1, 0.15) is 6.04 Å². The second-order valence-corrected chi connectivity index (χ2v) is 5.19. The summed E-state index contributed by atoms with van der Waals surface area (Å²) in [5, 5.41) is 14.5. The molecular formula is C14H19ClN2O3. The largest absolute Gasteiger partial charge is 0.480 e. The molecule has 0 fully saturated rings. The molecule has 2 atom stereocenters. The SMILES string of the molecule is CCC(C)[C@H](NC(=O)Nc1cc(C)ccc1Cl)C(=O)O. The standard InChI is InChI=1S/C14H19ClN2O3/c1-4-9(3)12(13(18)19)17-14(20)16-11-7-8(2)5-6-10(11)15/h5-7,9,12H,4H2,1-3H3,(H,18,19)(H2,16,17,20)/t9?,12-/m0/s1. The molecule has 0 aliphatic heterocycles. The van der Waals surface area contributed by atoms with Crippen LogP contribution in [-0.2, 0) is 4.79 Å². The second-order valence-electron chi connectivity index (χ2n) is 4.78. The summed E-state index contributed by atoms with van der Waals surface area (Å²) in [6.07, 6.45) is 0.655. The number of hydrogen-bond acceptors (Lipinski definition) is 2. The third-order valence-corrected chi connectivity index (χ3v) is 3.47. The molecule has 1 unspecified atom stereocenters. The molecule has 0 aromatic heterocycles. The van der Waals surface area contributed by atoms with Crippen molar-refractivity contribution < 1.29 is 14.7 Å². The van der Waals surface area contributed by atoms with E-state index >= 15 is 0 Å². The van der Waals surface area contributed by atoms with Gasteiger partial charge in [-0.1, -0.05) is 37.9 Å². The van der Waals surface area contributed by atoms with Gasteiger partial charge in [-0.05, 0) is 30.5 Å². The number of amides is 2. The van der Waals surface area contributed by atoms with E-state index < -0.39 is 18.0 Å². The number of carbonyl (C=O) groups is 2. The molecule has 0 aliphatic carbocycles. The van der Waals surface area contributed by atoms with E-state index in [9.17, 15) is 9.59 Å². The first-order valence-corrected chi connectivity index (χ1v) is 6.79. The Morgan fingerprint density at radius 2 is 2.05 bits per heavy atom. The quantitative estimate of drug-likeness (QED) is 0.780. The maximum Gasteiger partial charge on any atom is 0.326 e. The molecule has 1 aromatic rings. The lowest BCUT2D eigenvalue weighted by molar-refractivity contribution is -0.140. The smallest absolute Gasteiger partial charge is 0.326 e. The summed E-state index contributed by atoms with van der Waals surface area (Å²) in [4.78, 5) is 23.0. The Hall–Kier alpha value is -1.75. The van der Waals surface area contributed by atoms with Crippen LogP contribution in [0.1, 0.15) is 25.8 Å². The minimum absolute atomic E-state index is 0.161. The summed E-state index contributed by atoms with van der Waals surface area (Å²) in [7, 11) is 0. The van der Waals surface area contributed by atoms with Gasteiger partial charge in [0.15, 0.2) is 0 Å². The van der Waals surface area contributed by atoms with Crippen molar-refractivity contribution in [2.75, 3.05) is 5.32 Å². The first-order valence-electron chi connectivity index (χ1n) is 6.41. The van der Waals surface area contributed by atoms with Crippen LogP contribution in [0.4, 0.5) is 10.5 Å². The second kappa shape index (κ2) is 7.14. The topological polar surface area (TPSA) is 78.4 Å². The Kier molecular flexibility index (Phi) is 5.82. The van der Waals surface area contributed by atoms with Gasteiger partial charge in [-0.3, -0.25) is 0 Å². The van der Waals surface area contributed by atoms with Gasteiger partial charge >= 0.3 is 12.0 Å². The van der Waals surface area contributed by atoms with Crippen molar-refractivity contribution >= 4 is 29.3 Å². The molecule has 0 heterocycles. The summed E-state index contributed by atoms with van der Waals surface area (Å²) in [5.41, 5.74) is 1.40. The first-order chi connectivity index (χ1) is 9.35. The number of aliphatic carboxylic acids is 1. The summed E-state index contributed by atoms with van der Waals surface area (Å²) >= 11 is 5.97. The molecule has 2 amide bonds. The lowest BCUT2D eigenvalue weighted by atomic mass is 9.99. The van der Waals surface area contributed by atoms with E-state index in [0.29, 0.717) is 17.1 Å². The molecule has 5 nitrogen and oxygen atoms in total. The summed E-state index contributed by atoms with van der Waals surface area (Å²) in [6.45, 7) is 5.52. The third-order valence-electron chi connectivity index (χ3n) is 3.14. The van der Waals surface area contributed by atoms with Crippen LogP contribution in [0.25, 0.3) is 0 Å². The van der Waals surface area contributed by atoms with Crippen molar-refractivity contribution in [2.45, 2.75) is 33.2 Å². The van der Waals surface area contributed by atoms with E-state index in [1.165, 1.54) is 0 Å². The van der Waals surface area contributed by atoms with Gasteiger partial charge in [-0.2, -0.15) is 0 Å². The molecule has 20 heavy (non-hydrogen) atoms. The summed E-state index contributed by atoms with van der Waals surface area (Å²) < 4.78 is 0. The molecule has 0 aliphatic rings. The van der Waals surface area contributed by atoms with Crippen LogP contribution in [0, 0.1) is 12.8 Å². The number of hydrogen-bond donors (Lipinski definition) is 3. The summed E-state index contributed by atoms with van der Waals surface area (Å²) in [5.74, 6) is -1.21. The zero-order valence-corrected chi connectivity index (χ0v) is 12.5. The molecule has 1 rings (SSSR count). The number of benzene rings is 1. The van der Waals surface area contributed by atoms with E-state index in [1.54, 1.807) is 19.1 Å². The molecule has 110 valence electrons. The van der Waals surface area contributed by atoms with Gasteiger partial charge in [0.2, 0.25) is 0 Å². The highest BCUT2D eigenvalue weighted by Gasteiger charge is 2.25. The zero-order chi connectivity index (χ0) is 15.3. The average molecular weight is 299 g/mol. The molecule has 0 bridgehead atoms. The number of halogens is 1. The first kappa shape index (κ1) is 16.3. The van der Waals surface area contributed by atoms with Crippen molar-refractivity contribution in [3.63, 3.8) is 0 Å². The predicted molar refractivity (Wildman–Crippen MR) is 79.2 cm³/mol. The number of rotatable bonds is 5. The van der Waals surface area contributed by atoms with Crippen molar-refractivity contribution in [3.8, 4) is 0 Å². The fourth-order valence-electron chi connectivity index (χ4n) is 1.72. The lowest BCUT2D eigenvalue weighted by Gasteiger charge is -2.20. The van der Waals surface area contributed by atoms with Gasteiger partial charge < -0.3 is 15.7 Å². The van der Waals surface area contributed by atoms with Gasteiger partial charge in [0, 0.05) is 0 Å². The zero-order valence-electron chi connectivity index (χ0n) is 11.7. The van der Waals surface area contributed by atoms with E-state index in [2.05, 4.69) is 10.6 Å². The maximum absolute atomic E-state index is 11.9. The number of carboxylic acid groups (broad SMARTS) is 1. The van der Waals surface area contributed by atoms with Crippen LogP contribution in [-0.4, -0.2) is 23.1 Å². The number of anilines is 1. The lowest BCUT2D eigenvalue weighted by Crippen LogP contribution is -2.46. The highest BCUT2D eigenvalue weighted by molar-refractivity contribution is 6.33. The van der Waals surface area contributed by atoms with Crippen LogP contribution in [0.3, 0.4) is 0 Å². The number of nitrogens with one attached hydrogen (secondary N) is 2. The predicted octanol–water partition coefficient (Wildman–Crippen LogP) is 3.27. The van der Waals surface area contributed by atoms with Crippen molar-refractivity contribution in [1.29, 1.82) is 0 Å². The number of carboxylic acids is 1. The van der Waals surface area contributed by atoms with Gasteiger partial charge in [0.25, 0.3) is 0 Å². The molecule has 0 saturated heterocycles. The van der Waals surface area contributed by atoms with Crippen LogP contribution in [0.5, 0.6) is 0 Å². The fraction of sp³-hybridized carbons (Fsp3) is 0.429. The minimum Gasteiger partial charge on any atom is -0.480 e. The number of carbonyl (C=O) groups excluding carboxylic acids is 1. The average Bonchev–Trinajstić information content (AvgIpc) is 2.39. The monoisotopic (exact) mass is 298 g/mol. The van der Waals surface area contributed by atoms with E-state index in [1.807, 2.05) is 19.9 Å². The Bertz CT molecular complexity index is 505.